The van der Waals surface area contributed by atoms with Gasteiger partial charge in [0, 0.05) is 0 Å². The minimum absolute atomic E-state index is 0.752. The van der Waals surface area contributed by atoms with Gasteiger partial charge in [-0.05, 0) is 41.9 Å². The lowest BCUT2D eigenvalue weighted by Crippen LogP contribution is -1.87. The summed E-state index contributed by atoms with van der Waals surface area (Å²) < 4.78 is 0. The maximum Gasteiger partial charge on any atom is -0.00842 e. The second-order valence-electron chi connectivity index (χ2n) is 4.72. The van der Waals surface area contributed by atoms with E-state index < -0.39 is 0 Å². The summed E-state index contributed by atoms with van der Waals surface area (Å²) in [6.07, 6.45) is 1.31. The van der Waals surface area contributed by atoms with E-state index in [2.05, 4.69) is 61.5 Å². The third-order valence-electron chi connectivity index (χ3n) is 3.61. The molecule has 0 N–H and O–H groups in total. The van der Waals surface area contributed by atoms with Crippen LogP contribution < -0.4 is 0 Å². The molecule has 1 saturated carbocycles. The van der Waals surface area contributed by atoms with E-state index in [1.807, 2.05) is 0 Å². The zero-order valence-corrected chi connectivity index (χ0v) is 9.56. The quantitative estimate of drug-likeness (QED) is 0.691. The number of hydrogen-bond acceptors (Lipinski definition) is 0. The van der Waals surface area contributed by atoms with Gasteiger partial charge in [-0.3, -0.25) is 0 Å². The van der Waals surface area contributed by atoms with Crippen molar-refractivity contribution in [3.05, 3.63) is 71.3 Å². The Morgan fingerprint density at radius 1 is 0.812 bits per heavy atom. The van der Waals surface area contributed by atoms with Gasteiger partial charge in [-0.25, -0.2) is 0 Å². The van der Waals surface area contributed by atoms with Crippen molar-refractivity contribution >= 4 is 0 Å². The van der Waals surface area contributed by atoms with Gasteiger partial charge < -0.3 is 0 Å². The molecular formula is C16H16. The molecule has 0 heteroatoms. The molecule has 0 radical (unpaired) electrons. The SMILES string of the molecule is Cc1ccccc1C1CC1c1ccccc1. The van der Waals surface area contributed by atoms with Gasteiger partial charge in [0.25, 0.3) is 0 Å². The molecule has 0 aromatic heterocycles. The lowest BCUT2D eigenvalue weighted by molar-refractivity contribution is 1.01. The molecule has 0 heterocycles. The molecule has 2 aromatic rings. The zero-order chi connectivity index (χ0) is 11.0. The molecule has 0 bridgehead atoms. The molecule has 1 aliphatic carbocycles. The van der Waals surface area contributed by atoms with Crippen LogP contribution in [0.15, 0.2) is 54.6 Å². The fraction of sp³-hybridized carbons (Fsp3) is 0.250. The minimum Gasteiger partial charge on any atom is -0.0622 e. The first-order valence-electron chi connectivity index (χ1n) is 5.97. The number of hydrogen-bond donors (Lipinski definition) is 0. The largest absolute Gasteiger partial charge is 0.0622 e. The highest BCUT2D eigenvalue weighted by Crippen LogP contribution is 2.55. The highest BCUT2D eigenvalue weighted by atomic mass is 14.4. The molecular weight excluding hydrogens is 192 g/mol. The van der Waals surface area contributed by atoms with E-state index in [1.54, 1.807) is 0 Å². The Morgan fingerprint density at radius 2 is 1.50 bits per heavy atom. The van der Waals surface area contributed by atoms with Gasteiger partial charge in [-0.2, -0.15) is 0 Å². The Kier molecular flexibility index (Phi) is 2.28. The van der Waals surface area contributed by atoms with Crippen LogP contribution in [0.4, 0.5) is 0 Å². The van der Waals surface area contributed by atoms with E-state index in [0.29, 0.717) is 0 Å². The third kappa shape index (κ3) is 1.65. The van der Waals surface area contributed by atoms with Crippen molar-refractivity contribution < 1.29 is 0 Å². The van der Waals surface area contributed by atoms with Crippen molar-refractivity contribution in [2.24, 2.45) is 0 Å². The lowest BCUT2D eigenvalue weighted by Gasteiger charge is -2.04. The number of rotatable bonds is 2. The summed E-state index contributed by atoms with van der Waals surface area (Å²) in [6, 6.07) is 19.7. The van der Waals surface area contributed by atoms with E-state index >= 15 is 0 Å². The van der Waals surface area contributed by atoms with Crippen LogP contribution in [-0.4, -0.2) is 0 Å². The molecule has 0 saturated heterocycles. The summed E-state index contributed by atoms with van der Waals surface area (Å²) in [5.41, 5.74) is 4.47. The van der Waals surface area contributed by atoms with E-state index in [9.17, 15) is 0 Å². The van der Waals surface area contributed by atoms with Crippen LogP contribution in [0.1, 0.15) is 34.9 Å². The molecule has 2 atom stereocenters. The summed E-state index contributed by atoms with van der Waals surface area (Å²) in [5.74, 6) is 1.51. The number of aryl methyl sites for hydroxylation is 1. The summed E-state index contributed by atoms with van der Waals surface area (Å²) in [4.78, 5) is 0. The summed E-state index contributed by atoms with van der Waals surface area (Å²) >= 11 is 0. The fourth-order valence-electron chi connectivity index (χ4n) is 2.61. The van der Waals surface area contributed by atoms with Gasteiger partial charge in [0.1, 0.15) is 0 Å². The van der Waals surface area contributed by atoms with Crippen LogP contribution in [0, 0.1) is 6.92 Å². The van der Waals surface area contributed by atoms with Crippen LogP contribution in [-0.2, 0) is 0 Å². The molecule has 0 nitrogen and oxygen atoms in total. The first-order chi connectivity index (χ1) is 7.86. The topological polar surface area (TPSA) is 0 Å². The highest BCUT2D eigenvalue weighted by Gasteiger charge is 2.39. The molecule has 1 aliphatic rings. The van der Waals surface area contributed by atoms with Crippen molar-refractivity contribution in [3.63, 3.8) is 0 Å². The van der Waals surface area contributed by atoms with Crippen molar-refractivity contribution in [1.82, 2.24) is 0 Å². The molecule has 2 unspecified atom stereocenters. The first-order valence-corrected chi connectivity index (χ1v) is 5.97. The van der Waals surface area contributed by atoms with Gasteiger partial charge in [-0.1, -0.05) is 54.6 Å². The Labute approximate surface area is 96.9 Å². The predicted molar refractivity (Wildman–Crippen MR) is 67.7 cm³/mol. The third-order valence-corrected chi connectivity index (χ3v) is 3.61. The fourth-order valence-corrected chi connectivity index (χ4v) is 2.61. The standard InChI is InChI=1S/C16H16/c1-12-7-5-6-10-14(12)16-11-15(16)13-8-3-2-4-9-13/h2-10,15-16H,11H2,1H3. The monoisotopic (exact) mass is 208 g/mol. The smallest absolute Gasteiger partial charge is 0.00842 e. The molecule has 3 rings (SSSR count). The van der Waals surface area contributed by atoms with Gasteiger partial charge in [0.05, 0.1) is 0 Å². The van der Waals surface area contributed by atoms with Crippen molar-refractivity contribution in [3.8, 4) is 0 Å². The van der Waals surface area contributed by atoms with Crippen LogP contribution >= 0.6 is 0 Å². The molecule has 80 valence electrons. The average molecular weight is 208 g/mol. The van der Waals surface area contributed by atoms with Crippen molar-refractivity contribution in [2.45, 2.75) is 25.2 Å². The van der Waals surface area contributed by atoms with Crippen LogP contribution in [0.2, 0.25) is 0 Å². The Hall–Kier alpha value is -1.56. The van der Waals surface area contributed by atoms with Crippen molar-refractivity contribution in [1.29, 1.82) is 0 Å². The van der Waals surface area contributed by atoms with Crippen LogP contribution in [0.3, 0.4) is 0 Å². The molecule has 16 heavy (non-hydrogen) atoms. The Balaban J connectivity index is 1.85. The molecule has 2 aromatic carbocycles. The molecule has 0 aliphatic heterocycles. The molecule has 0 amide bonds. The molecule has 1 fully saturated rings. The second kappa shape index (κ2) is 3.79. The predicted octanol–water partition coefficient (Wildman–Crippen LogP) is 4.27. The van der Waals surface area contributed by atoms with Gasteiger partial charge in [-0.15, -0.1) is 0 Å². The Bertz CT molecular complexity index is 484. The highest BCUT2D eigenvalue weighted by molar-refractivity contribution is 5.39. The zero-order valence-electron chi connectivity index (χ0n) is 9.56. The van der Waals surface area contributed by atoms with Gasteiger partial charge >= 0.3 is 0 Å². The minimum atomic E-state index is 0.752. The summed E-state index contributed by atoms with van der Waals surface area (Å²) in [5, 5.41) is 0. The molecule has 0 spiro atoms. The average Bonchev–Trinajstić information content (AvgIpc) is 3.11. The van der Waals surface area contributed by atoms with E-state index in [-0.39, 0.29) is 0 Å². The van der Waals surface area contributed by atoms with Gasteiger partial charge in [0.2, 0.25) is 0 Å². The maximum atomic E-state index is 2.28. The summed E-state index contributed by atoms with van der Waals surface area (Å²) in [6.45, 7) is 2.22. The first kappa shape index (κ1) is 9.65. The van der Waals surface area contributed by atoms with E-state index in [4.69, 9.17) is 0 Å². The van der Waals surface area contributed by atoms with Gasteiger partial charge in [0.15, 0.2) is 0 Å². The Morgan fingerprint density at radius 3 is 2.25 bits per heavy atom. The second-order valence-corrected chi connectivity index (χ2v) is 4.72. The summed E-state index contributed by atoms with van der Waals surface area (Å²) in [7, 11) is 0. The van der Waals surface area contributed by atoms with E-state index in [1.165, 1.54) is 23.1 Å². The van der Waals surface area contributed by atoms with Crippen LogP contribution in [0.5, 0.6) is 0 Å². The van der Waals surface area contributed by atoms with Crippen molar-refractivity contribution in [2.75, 3.05) is 0 Å². The lowest BCUT2D eigenvalue weighted by atomic mass is 10.0. The van der Waals surface area contributed by atoms with E-state index in [0.717, 1.165) is 11.8 Å². The normalized spacial score (nSPS) is 23.1. The van der Waals surface area contributed by atoms with Crippen LogP contribution in [0.25, 0.3) is 0 Å². The number of benzene rings is 2. The maximum absolute atomic E-state index is 2.28.